The summed E-state index contributed by atoms with van der Waals surface area (Å²) < 4.78 is 0. The molecule has 0 unspecified atom stereocenters. The molecule has 0 aliphatic heterocycles. The molecule has 0 spiro atoms. The molecule has 84 valence electrons. The van der Waals surface area contributed by atoms with E-state index in [1.165, 1.54) is 44.9 Å². The van der Waals surface area contributed by atoms with Gasteiger partial charge in [-0.05, 0) is 32.2 Å². The van der Waals surface area contributed by atoms with Gasteiger partial charge in [-0.15, -0.1) is 0 Å². The number of hydrogen-bond donors (Lipinski definition) is 2. The Balaban J connectivity index is 1.92. The maximum absolute atomic E-state index is 5.53. The van der Waals surface area contributed by atoms with Crippen molar-refractivity contribution in [3.05, 3.63) is 0 Å². The van der Waals surface area contributed by atoms with Crippen LogP contribution in [0.5, 0.6) is 0 Å². The average molecular weight is 198 g/mol. The van der Waals surface area contributed by atoms with Crippen molar-refractivity contribution in [2.45, 2.75) is 57.9 Å². The zero-order chi connectivity index (χ0) is 10.2. The highest BCUT2D eigenvalue weighted by Gasteiger charge is 2.12. The molecule has 0 heterocycles. The molecule has 1 aliphatic rings. The standard InChI is InChI=1S/C12H26N2/c1-11(10-13)14-9-5-8-12-6-3-2-4-7-12/h11-12,14H,2-10,13H2,1H3/t11-/m0/s1. The predicted octanol–water partition coefficient (Wildman–Crippen LogP) is 2.28. The van der Waals surface area contributed by atoms with Crippen molar-refractivity contribution in [1.29, 1.82) is 0 Å². The highest BCUT2D eigenvalue weighted by Crippen LogP contribution is 2.26. The van der Waals surface area contributed by atoms with Crippen molar-refractivity contribution in [3.63, 3.8) is 0 Å². The Bertz CT molecular complexity index is 130. The molecular weight excluding hydrogens is 172 g/mol. The monoisotopic (exact) mass is 198 g/mol. The van der Waals surface area contributed by atoms with E-state index in [1.807, 2.05) is 0 Å². The van der Waals surface area contributed by atoms with Gasteiger partial charge in [0.15, 0.2) is 0 Å². The molecule has 2 nitrogen and oxygen atoms in total. The van der Waals surface area contributed by atoms with Gasteiger partial charge < -0.3 is 11.1 Å². The van der Waals surface area contributed by atoms with Gasteiger partial charge in [-0.3, -0.25) is 0 Å². The lowest BCUT2D eigenvalue weighted by atomic mass is 9.86. The fourth-order valence-electron chi connectivity index (χ4n) is 2.30. The molecule has 0 saturated heterocycles. The van der Waals surface area contributed by atoms with Gasteiger partial charge in [-0.25, -0.2) is 0 Å². The lowest BCUT2D eigenvalue weighted by molar-refractivity contribution is 0.328. The third kappa shape index (κ3) is 4.97. The summed E-state index contributed by atoms with van der Waals surface area (Å²) in [6.07, 6.45) is 10.1. The van der Waals surface area contributed by atoms with Gasteiger partial charge in [0, 0.05) is 12.6 Å². The van der Waals surface area contributed by atoms with E-state index in [9.17, 15) is 0 Å². The minimum absolute atomic E-state index is 0.487. The normalized spacial score (nSPS) is 21.0. The third-order valence-corrected chi connectivity index (χ3v) is 3.36. The largest absolute Gasteiger partial charge is 0.329 e. The number of nitrogens with one attached hydrogen (secondary N) is 1. The molecule has 0 radical (unpaired) electrons. The van der Waals surface area contributed by atoms with E-state index >= 15 is 0 Å². The summed E-state index contributed by atoms with van der Waals surface area (Å²) in [6.45, 7) is 4.05. The summed E-state index contributed by atoms with van der Waals surface area (Å²) in [5.74, 6) is 1.03. The van der Waals surface area contributed by atoms with Crippen molar-refractivity contribution >= 4 is 0 Å². The van der Waals surface area contributed by atoms with Crippen LogP contribution in [-0.4, -0.2) is 19.1 Å². The summed E-state index contributed by atoms with van der Waals surface area (Å²) in [4.78, 5) is 0. The Labute approximate surface area is 88.6 Å². The van der Waals surface area contributed by atoms with E-state index in [2.05, 4.69) is 12.2 Å². The number of rotatable bonds is 6. The Morgan fingerprint density at radius 2 is 2.00 bits per heavy atom. The summed E-state index contributed by atoms with van der Waals surface area (Å²) >= 11 is 0. The van der Waals surface area contributed by atoms with Crippen LogP contribution in [0.3, 0.4) is 0 Å². The summed E-state index contributed by atoms with van der Waals surface area (Å²) in [5.41, 5.74) is 5.53. The Morgan fingerprint density at radius 1 is 1.29 bits per heavy atom. The first-order valence-corrected chi connectivity index (χ1v) is 6.26. The maximum Gasteiger partial charge on any atom is 0.0161 e. The van der Waals surface area contributed by atoms with Gasteiger partial charge in [-0.2, -0.15) is 0 Å². The van der Waals surface area contributed by atoms with Crippen LogP contribution in [0.25, 0.3) is 0 Å². The van der Waals surface area contributed by atoms with E-state index in [-0.39, 0.29) is 0 Å². The van der Waals surface area contributed by atoms with Crippen molar-refractivity contribution in [2.75, 3.05) is 13.1 Å². The van der Waals surface area contributed by atoms with Crippen LogP contribution in [0.15, 0.2) is 0 Å². The highest BCUT2D eigenvalue weighted by molar-refractivity contribution is 4.67. The van der Waals surface area contributed by atoms with E-state index in [0.29, 0.717) is 6.04 Å². The minimum atomic E-state index is 0.487. The second-order valence-corrected chi connectivity index (χ2v) is 4.74. The van der Waals surface area contributed by atoms with Gasteiger partial charge in [0.05, 0.1) is 0 Å². The van der Waals surface area contributed by atoms with Crippen LogP contribution >= 0.6 is 0 Å². The lowest BCUT2D eigenvalue weighted by Crippen LogP contribution is -2.33. The Morgan fingerprint density at radius 3 is 2.64 bits per heavy atom. The summed E-state index contributed by atoms with van der Waals surface area (Å²) in [7, 11) is 0. The second-order valence-electron chi connectivity index (χ2n) is 4.74. The average Bonchev–Trinajstić information content (AvgIpc) is 2.25. The highest BCUT2D eigenvalue weighted by atomic mass is 14.9. The molecule has 3 N–H and O–H groups in total. The first-order valence-electron chi connectivity index (χ1n) is 6.26. The number of nitrogens with two attached hydrogens (primary N) is 1. The summed E-state index contributed by atoms with van der Waals surface area (Å²) in [5, 5.41) is 3.45. The van der Waals surface area contributed by atoms with E-state index in [4.69, 9.17) is 5.73 Å². The molecule has 1 fully saturated rings. The third-order valence-electron chi connectivity index (χ3n) is 3.36. The van der Waals surface area contributed by atoms with Crippen LogP contribution in [0.2, 0.25) is 0 Å². The van der Waals surface area contributed by atoms with Crippen LogP contribution in [0.1, 0.15) is 51.9 Å². The topological polar surface area (TPSA) is 38.0 Å². The van der Waals surface area contributed by atoms with Crippen molar-refractivity contribution in [1.82, 2.24) is 5.32 Å². The molecule has 2 heteroatoms. The molecule has 0 amide bonds. The van der Waals surface area contributed by atoms with Gasteiger partial charge in [-0.1, -0.05) is 32.1 Å². The summed E-state index contributed by atoms with van der Waals surface area (Å²) in [6, 6.07) is 0.487. The Hall–Kier alpha value is -0.0800. The van der Waals surface area contributed by atoms with Gasteiger partial charge in [0.1, 0.15) is 0 Å². The first-order chi connectivity index (χ1) is 6.83. The van der Waals surface area contributed by atoms with Gasteiger partial charge in [0.2, 0.25) is 0 Å². The molecular formula is C12H26N2. The fraction of sp³-hybridized carbons (Fsp3) is 1.00. The quantitative estimate of drug-likeness (QED) is 0.643. The van der Waals surface area contributed by atoms with Crippen molar-refractivity contribution in [2.24, 2.45) is 11.7 Å². The SMILES string of the molecule is C[C@@H](CN)NCCCC1CCCCC1. The zero-order valence-corrected chi connectivity index (χ0v) is 9.60. The van der Waals surface area contributed by atoms with Gasteiger partial charge in [0.25, 0.3) is 0 Å². The minimum Gasteiger partial charge on any atom is -0.329 e. The second kappa shape index (κ2) is 7.24. The van der Waals surface area contributed by atoms with Crippen molar-refractivity contribution < 1.29 is 0 Å². The van der Waals surface area contributed by atoms with Crippen LogP contribution in [0, 0.1) is 5.92 Å². The Kier molecular flexibility index (Phi) is 6.20. The molecule has 1 rings (SSSR count). The van der Waals surface area contributed by atoms with Crippen LogP contribution < -0.4 is 11.1 Å². The molecule has 0 bridgehead atoms. The van der Waals surface area contributed by atoms with E-state index < -0.39 is 0 Å². The lowest BCUT2D eigenvalue weighted by Gasteiger charge is -2.21. The van der Waals surface area contributed by atoms with E-state index in [1.54, 1.807) is 0 Å². The molecule has 14 heavy (non-hydrogen) atoms. The molecule has 1 atom stereocenters. The van der Waals surface area contributed by atoms with Gasteiger partial charge >= 0.3 is 0 Å². The predicted molar refractivity (Wildman–Crippen MR) is 62.3 cm³/mol. The van der Waals surface area contributed by atoms with Crippen LogP contribution in [0.4, 0.5) is 0 Å². The molecule has 0 aromatic heterocycles. The molecule has 1 saturated carbocycles. The molecule has 1 aliphatic carbocycles. The van der Waals surface area contributed by atoms with Crippen LogP contribution in [-0.2, 0) is 0 Å². The van der Waals surface area contributed by atoms with E-state index in [0.717, 1.165) is 19.0 Å². The van der Waals surface area contributed by atoms with Crippen molar-refractivity contribution in [3.8, 4) is 0 Å². The number of hydrogen-bond acceptors (Lipinski definition) is 2. The maximum atomic E-state index is 5.53. The molecule has 0 aromatic carbocycles. The first kappa shape index (κ1) is 12.0. The fourth-order valence-corrected chi connectivity index (χ4v) is 2.30. The zero-order valence-electron chi connectivity index (χ0n) is 9.60. The smallest absolute Gasteiger partial charge is 0.0161 e. The molecule has 0 aromatic rings.